The van der Waals surface area contributed by atoms with Crippen molar-refractivity contribution in [1.82, 2.24) is 9.80 Å². The summed E-state index contributed by atoms with van der Waals surface area (Å²) in [6, 6.07) is 0. The van der Waals surface area contributed by atoms with Gasteiger partial charge < -0.3 is 9.80 Å². The van der Waals surface area contributed by atoms with Crippen LogP contribution in [-0.2, 0) is 9.59 Å². The lowest BCUT2D eigenvalue weighted by molar-refractivity contribution is -0.149. The molecule has 1 fully saturated rings. The van der Waals surface area contributed by atoms with Crippen molar-refractivity contribution in [2.75, 3.05) is 31.9 Å². The van der Waals surface area contributed by atoms with Crippen LogP contribution in [0, 0.1) is 0 Å². The lowest BCUT2D eigenvalue weighted by Gasteiger charge is -2.33. The molecule has 1 rings (SSSR count). The molecule has 0 unspecified atom stereocenters. The Morgan fingerprint density at radius 3 is 2.31 bits per heavy atom. The molecule has 0 aromatic heterocycles. The molecule has 4 nitrogen and oxygen atoms in total. The van der Waals surface area contributed by atoms with E-state index in [0.29, 0.717) is 13.1 Å². The lowest BCUT2D eigenvalue weighted by Crippen LogP contribution is -2.53. The second-order valence-electron chi connectivity index (χ2n) is 4.01. The van der Waals surface area contributed by atoms with Gasteiger partial charge in [-0.3, -0.25) is 9.59 Å². The molecule has 92 valence electrons. The molecule has 0 aromatic carbocycles. The van der Waals surface area contributed by atoms with Crippen LogP contribution in [0.25, 0.3) is 0 Å². The molecule has 1 aliphatic heterocycles. The zero-order chi connectivity index (χ0) is 12.0. The van der Waals surface area contributed by atoms with E-state index in [4.69, 9.17) is 0 Å². The number of hydrogen-bond donors (Lipinski definition) is 1. The molecule has 0 bridgehead atoms. The van der Waals surface area contributed by atoms with Crippen molar-refractivity contribution in [3.8, 4) is 0 Å². The number of carbonyl (C=O) groups excluding carboxylic acids is 2. The van der Waals surface area contributed by atoms with E-state index in [1.54, 1.807) is 9.80 Å². The first kappa shape index (κ1) is 13.4. The molecule has 0 N–H and O–H groups in total. The van der Waals surface area contributed by atoms with Crippen molar-refractivity contribution < 1.29 is 9.59 Å². The fourth-order valence-corrected chi connectivity index (χ4v) is 2.01. The first-order chi connectivity index (χ1) is 7.69. The second-order valence-corrected chi connectivity index (χ2v) is 4.45. The zero-order valence-corrected chi connectivity index (χ0v) is 10.7. The van der Waals surface area contributed by atoms with Crippen LogP contribution >= 0.6 is 12.6 Å². The maximum Gasteiger partial charge on any atom is 0.242 e. The highest BCUT2D eigenvalue weighted by molar-refractivity contribution is 7.80. The Morgan fingerprint density at radius 1 is 1.06 bits per heavy atom. The molecule has 0 saturated carbocycles. The Morgan fingerprint density at radius 2 is 1.69 bits per heavy atom. The third-order valence-electron chi connectivity index (χ3n) is 2.83. The van der Waals surface area contributed by atoms with Crippen molar-refractivity contribution in [3.05, 3.63) is 0 Å². The van der Waals surface area contributed by atoms with Gasteiger partial charge in [0.05, 0.1) is 13.1 Å². The topological polar surface area (TPSA) is 40.6 Å². The molecular formula is C11H20N2O2S. The van der Waals surface area contributed by atoms with Gasteiger partial charge in [-0.05, 0) is 25.5 Å². The summed E-state index contributed by atoms with van der Waals surface area (Å²) in [5.74, 6) is 1.03. The Labute approximate surface area is 102 Å². The summed E-state index contributed by atoms with van der Waals surface area (Å²) >= 11 is 4.14. The van der Waals surface area contributed by atoms with Crippen LogP contribution in [0.4, 0.5) is 0 Å². The number of thiol groups is 1. The minimum Gasteiger partial charge on any atom is -0.332 e. The van der Waals surface area contributed by atoms with E-state index in [-0.39, 0.29) is 24.9 Å². The SMILES string of the molecule is CCN1CC(=O)N(CCCCCS)CC1=O. The molecule has 0 atom stereocenters. The summed E-state index contributed by atoms with van der Waals surface area (Å²) in [7, 11) is 0. The minimum absolute atomic E-state index is 0.0660. The van der Waals surface area contributed by atoms with E-state index in [2.05, 4.69) is 12.6 Å². The quantitative estimate of drug-likeness (QED) is 0.554. The van der Waals surface area contributed by atoms with E-state index < -0.39 is 0 Å². The van der Waals surface area contributed by atoms with Gasteiger partial charge in [0, 0.05) is 13.1 Å². The van der Waals surface area contributed by atoms with Gasteiger partial charge in [0.2, 0.25) is 11.8 Å². The summed E-state index contributed by atoms with van der Waals surface area (Å²) < 4.78 is 0. The third-order valence-corrected chi connectivity index (χ3v) is 3.14. The smallest absolute Gasteiger partial charge is 0.242 e. The summed E-state index contributed by atoms with van der Waals surface area (Å²) in [5.41, 5.74) is 0. The monoisotopic (exact) mass is 244 g/mol. The van der Waals surface area contributed by atoms with Crippen molar-refractivity contribution in [2.24, 2.45) is 0 Å². The third kappa shape index (κ3) is 3.70. The van der Waals surface area contributed by atoms with Crippen LogP contribution in [0.5, 0.6) is 0 Å². The Bertz CT molecular complexity index is 258. The first-order valence-corrected chi connectivity index (χ1v) is 6.48. The van der Waals surface area contributed by atoms with E-state index in [1.165, 1.54) is 0 Å². The van der Waals surface area contributed by atoms with Crippen molar-refractivity contribution >= 4 is 24.4 Å². The standard InChI is InChI=1S/C11H20N2O2S/c1-2-12-8-11(15)13(9-10(12)14)6-4-3-5-7-16/h16H,2-9H2,1H3. The molecule has 2 amide bonds. The molecule has 1 saturated heterocycles. The molecule has 1 aliphatic rings. The highest BCUT2D eigenvalue weighted by atomic mass is 32.1. The van der Waals surface area contributed by atoms with Gasteiger partial charge >= 0.3 is 0 Å². The highest BCUT2D eigenvalue weighted by Gasteiger charge is 2.27. The molecular weight excluding hydrogens is 224 g/mol. The lowest BCUT2D eigenvalue weighted by atomic mass is 10.2. The number of amides is 2. The Balaban J connectivity index is 2.32. The van der Waals surface area contributed by atoms with Crippen molar-refractivity contribution in [3.63, 3.8) is 0 Å². The predicted octanol–water partition coefficient (Wildman–Crippen LogP) is 0.777. The van der Waals surface area contributed by atoms with Crippen LogP contribution in [0.3, 0.4) is 0 Å². The van der Waals surface area contributed by atoms with Gasteiger partial charge in [-0.25, -0.2) is 0 Å². The number of carbonyl (C=O) groups is 2. The van der Waals surface area contributed by atoms with Crippen LogP contribution in [0.1, 0.15) is 26.2 Å². The Hall–Kier alpha value is -0.710. The molecule has 16 heavy (non-hydrogen) atoms. The van der Waals surface area contributed by atoms with Crippen molar-refractivity contribution in [1.29, 1.82) is 0 Å². The first-order valence-electron chi connectivity index (χ1n) is 5.85. The molecule has 0 aromatic rings. The summed E-state index contributed by atoms with van der Waals surface area (Å²) in [6.45, 7) is 3.73. The number of nitrogens with zero attached hydrogens (tertiary/aromatic N) is 2. The van der Waals surface area contributed by atoms with Gasteiger partial charge in [-0.2, -0.15) is 12.6 Å². The average molecular weight is 244 g/mol. The molecule has 0 radical (unpaired) electrons. The molecule has 1 heterocycles. The van der Waals surface area contributed by atoms with Gasteiger partial charge in [-0.1, -0.05) is 6.42 Å². The van der Waals surface area contributed by atoms with Gasteiger partial charge in [0.1, 0.15) is 0 Å². The number of piperazine rings is 1. The van der Waals surface area contributed by atoms with Gasteiger partial charge in [-0.15, -0.1) is 0 Å². The summed E-state index contributed by atoms with van der Waals surface area (Å²) in [6.07, 6.45) is 3.10. The number of likely N-dealkylation sites (N-methyl/N-ethyl adjacent to an activating group) is 1. The normalized spacial score (nSPS) is 17.1. The van der Waals surface area contributed by atoms with E-state index >= 15 is 0 Å². The number of unbranched alkanes of at least 4 members (excludes halogenated alkanes) is 2. The van der Waals surface area contributed by atoms with E-state index in [9.17, 15) is 9.59 Å². The van der Waals surface area contributed by atoms with Crippen LogP contribution in [0.2, 0.25) is 0 Å². The van der Waals surface area contributed by atoms with Crippen LogP contribution in [0.15, 0.2) is 0 Å². The second kappa shape index (κ2) is 6.78. The fraction of sp³-hybridized carbons (Fsp3) is 0.818. The maximum absolute atomic E-state index is 11.7. The van der Waals surface area contributed by atoms with Crippen LogP contribution in [-0.4, -0.2) is 53.5 Å². The molecule has 0 spiro atoms. The maximum atomic E-state index is 11.7. The van der Waals surface area contributed by atoms with Gasteiger partial charge in [0.15, 0.2) is 0 Å². The molecule has 0 aliphatic carbocycles. The summed E-state index contributed by atoms with van der Waals surface area (Å²) in [5, 5.41) is 0. The van der Waals surface area contributed by atoms with E-state index in [1.807, 2.05) is 6.92 Å². The van der Waals surface area contributed by atoms with Crippen molar-refractivity contribution in [2.45, 2.75) is 26.2 Å². The minimum atomic E-state index is 0.0660. The molecule has 5 heteroatoms. The average Bonchev–Trinajstić information content (AvgIpc) is 2.28. The zero-order valence-electron chi connectivity index (χ0n) is 9.81. The summed E-state index contributed by atoms with van der Waals surface area (Å²) in [4.78, 5) is 26.6. The largest absolute Gasteiger partial charge is 0.332 e. The number of hydrogen-bond acceptors (Lipinski definition) is 3. The highest BCUT2D eigenvalue weighted by Crippen LogP contribution is 2.07. The predicted molar refractivity (Wildman–Crippen MR) is 66.5 cm³/mol. The van der Waals surface area contributed by atoms with Crippen LogP contribution < -0.4 is 0 Å². The fourth-order valence-electron chi connectivity index (χ4n) is 1.79. The van der Waals surface area contributed by atoms with E-state index in [0.717, 1.165) is 25.0 Å². The Kier molecular flexibility index (Phi) is 5.66. The van der Waals surface area contributed by atoms with Gasteiger partial charge in [0.25, 0.3) is 0 Å². The number of rotatable bonds is 6.